The summed E-state index contributed by atoms with van der Waals surface area (Å²) in [6.45, 7) is 3.62. The molecule has 0 aliphatic carbocycles. The summed E-state index contributed by atoms with van der Waals surface area (Å²) >= 11 is 0. The molecule has 0 radical (unpaired) electrons. The van der Waals surface area contributed by atoms with Gasteiger partial charge in [0, 0.05) is 49.5 Å². The van der Waals surface area contributed by atoms with Crippen LogP contribution < -0.4 is 9.80 Å². The van der Waals surface area contributed by atoms with E-state index < -0.39 is 0 Å². The first-order valence-electron chi connectivity index (χ1n) is 11.6. The fraction of sp³-hybridized carbons (Fsp3) is 0.222. The van der Waals surface area contributed by atoms with Crippen LogP contribution in [0.4, 0.5) is 11.4 Å². The minimum atomic E-state index is 0.0458. The third-order valence-electron chi connectivity index (χ3n) is 6.80. The SMILES string of the molecule is O=C(Cn1ccc2cccnc21)N1CCN(c2ccccc2N2Cc3ccccc3C2=O)CC1. The number of aromatic nitrogens is 2. The number of pyridine rings is 1. The summed E-state index contributed by atoms with van der Waals surface area (Å²) in [6.07, 6.45) is 3.68. The van der Waals surface area contributed by atoms with Gasteiger partial charge in [0.15, 0.2) is 0 Å². The number of anilines is 2. The molecule has 4 heterocycles. The van der Waals surface area contributed by atoms with Crippen LogP contribution in [0.1, 0.15) is 15.9 Å². The molecule has 0 bridgehead atoms. The van der Waals surface area contributed by atoms with Gasteiger partial charge < -0.3 is 19.3 Å². The molecule has 2 aliphatic heterocycles. The molecule has 34 heavy (non-hydrogen) atoms. The zero-order chi connectivity index (χ0) is 23.1. The Labute approximate surface area is 197 Å². The Hall–Kier alpha value is -4.13. The van der Waals surface area contributed by atoms with Crippen LogP contribution in [0.5, 0.6) is 0 Å². The number of amides is 2. The lowest BCUT2D eigenvalue weighted by Crippen LogP contribution is -2.50. The fourth-order valence-electron chi connectivity index (χ4n) is 5.00. The Bertz CT molecular complexity index is 1390. The van der Waals surface area contributed by atoms with Crippen molar-refractivity contribution in [2.24, 2.45) is 0 Å². The standard InChI is InChI=1S/C27H25N5O2/c33-25(19-31-13-11-20-7-5-12-28-26(20)31)30-16-14-29(15-17-30)23-9-3-4-10-24(23)32-18-21-6-1-2-8-22(21)27(32)34/h1-13H,14-19H2. The Kier molecular flexibility index (Phi) is 5.02. The van der Waals surface area contributed by atoms with Crippen LogP contribution in [0.15, 0.2) is 79.1 Å². The van der Waals surface area contributed by atoms with E-state index in [4.69, 9.17) is 0 Å². The molecule has 2 aromatic carbocycles. The van der Waals surface area contributed by atoms with Crippen LogP contribution in [0.25, 0.3) is 11.0 Å². The lowest BCUT2D eigenvalue weighted by Gasteiger charge is -2.37. The van der Waals surface area contributed by atoms with E-state index >= 15 is 0 Å². The highest BCUT2D eigenvalue weighted by molar-refractivity contribution is 6.11. The maximum Gasteiger partial charge on any atom is 0.258 e. The van der Waals surface area contributed by atoms with E-state index in [0.717, 1.165) is 46.6 Å². The molecule has 0 saturated carbocycles. The number of nitrogens with zero attached hydrogens (tertiary/aromatic N) is 5. The minimum Gasteiger partial charge on any atom is -0.366 e. The molecule has 0 atom stereocenters. The van der Waals surface area contributed by atoms with Gasteiger partial charge >= 0.3 is 0 Å². The molecule has 1 fully saturated rings. The third kappa shape index (κ3) is 3.50. The Morgan fingerprint density at radius 3 is 2.44 bits per heavy atom. The van der Waals surface area contributed by atoms with E-state index in [0.29, 0.717) is 19.6 Å². The molecule has 2 aliphatic rings. The van der Waals surface area contributed by atoms with Crippen molar-refractivity contribution in [1.29, 1.82) is 0 Å². The van der Waals surface area contributed by atoms with Gasteiger partial charge in [-0.2, -0.15) is 0 Å². The van der Waals surface area contributed by atoms with Gasteiger partial charge in [-0.3, -0.25) is 9.59 Å². The minimum absolute atomic E-state index is 0.0458. The van der Waals surface area contributed by atoms with Crippen molar-refractivity contribution in [2.75, 3.05) is 36.0 Å². The molecule has 6 rings (SSSR count). The van der Waals surface area contributed by atoms with Crippen LogP contribution >= 0.6 is 0 Å². The monoisotopic (exact) mass is 451 g/mol. The second-order valence-corrected chi connectivity index (χ2v) is 8.76. The summed E-state index contributed by atoms with van der Waals surface area (Å²) in [5.74, 6) is 0.144. The zero-order valence-corrected chi connectivity index (χ0v) is 18.8. The van der Waals surface area contributed by atoms with Crippen molar-refractivity contribution < 1.29 is 9.59 Å². The van der Waals surface area contributed by atoms with Crippen LogP contribution in [-0.2, 0) is 17.9 Å². The summed E-state index contributed by atoms with van der Waals surface area (Å²) in [5, 5.41) is 1.04. The van der Waals surface area contributed by atoms with Crippen molar-refractivity contribution in [3.63, 3.8) is 0 Å². The van der Waals surface area contributed by atoms with Crippen LogP contribution in [-0.4, -0.2) is 52.4 Å². The maximum atomic E-state index is 13.1. The van der Waals surface area contributed by atoms with Gasteiger partial charge in [0.05, 0.1) is 17.9 Å². The maximum absolute atomic E-state index is 13.1. The summed E-state index contributed by atoms with van der Waals surface area (Å²) in [4.78, 5) is 36.5. The van der Waals surface area contributed by atoms with Gasteiger partial charge in [-0.05, 0) is 42.0 Å². The molecule has 7 heteroatoms. The summed E-state index contributed by atoms with van der Waals surface area (Å²) in [5.41, 5.74) is 4.63. The second kappa shape index (κ2) is 8.33. The first kappa shape index (κ1) is 20.5. The van der Waals surface area contributed by atoms with E-state index in [9.17, 15) is 9.59 Å². The van der Waals surface area contributed by atoms with Crippen molar-refractivity contribution in [2.45, 2.75) is 13.1 Å². The summed E-state index contributed by atoms with van der Waals surface area (Å²) in [7, 11) is 0. The number of para-hydroxylation sites is 2. The molecule has 170 valence electrons. The van der Waals surface area contributed by atoms with Crippen molar-refractivity contribution in [1.82, 2.24) is 14.5 Å². The number of carbonyl (C=O) groups excluding carboxylic acids is 2. The van der Waals surface area contributed by atoms with Gasteiger partial charge in [0.25, 0.3) is 5.91 Å². The quantitative estimate of drug-likeness (QED) is 0.476. The van der Waals surface area contributed by atoms with Gasteiger partial charge in [0.2, 0.25) is 5.91 Å². The Morgan fingerprint density at radius 2 is 1.62 bits per heavy atom. The Balaban J connectivity index is 1.15. The smallest absolute Gasteiger partial charge is 0.258 e. The van der Waals surface area contributed by atoms with Crippen LogP contribution in [0, 0.1) is 0 Å². The number of rotatable bonds is 4. The van der Waals surface area contributed by atoms with Gasteiger partial charge in [-0.15, -0.1) is 0 Å². The number of carbonyl (C=O) groups is 2. The molecular formula is C27H25N5O2. The molecular weight excluding hydrogens is 426 g/mol. The van der Waals surface area contributed by atoms with E-state index in [1.165, 1.54) is 0 Å². The number of piperazine rings is 1. The van der Waals surface area contributed by atoms with E-state index in [1.807, 2.05) is 81.2 Å². The molecule has 0 N–H and O–H groups in total. The average Bonchev–Trinajstić information content (AvgIpc) is 3.45. The summed E-state index contributed by atoms with van der Waals surface area (Å²) < 4.78 is 1.91. The highest BCUT2D eigenvalue weighted by Gasteiger charge is 2.31. The van der Waals surface area contributed by atoms with Gasteiger partial charge in [0.1, 0.15) is 12.2 Å². The lowest BCUT2D eigenvalue weighted by molar-refractivity contribution is -0.132. The Morgan fingerprint density at radius 1 is 0.853 bits per heavy atom. The molecule has 2 amide bonds. The van der Waals surface area contributed by atoms with Crippen LogP contribution in [0.2, 0.25) is 0 Å². The van der Waals surface area contributed by atoms with Crippen LogP contribution in [0.3, 0.4) is 0 Å². The number of hydrogen-bond donors (Lipinski definition) is 0. The number of hydrogen-bond acceptors (Lipinski definition) is 4. The second-order valence-electron chi connectivity index (χ2n) is 8.76. The molecule has 7 nitrogen and oxygen atoms in total. The highest BCUT2D eigenvalue weighted by atomic mass is 16.2. The van der Waals surface area contributed by atoms with Gasteiger partial charge in [-0.25, -0.2) is 4.98 Å². The number of benzene rings is 2. The van der Waals surface area contributed by atoms with Gasteiger partial charge in [-0.1, -0.05) is 30.3 Å². The van der Waals surface area contributed by atoms with Crippen molar-refractivity contribution >= 4 is 34.2 Å². The highest BCUT2D eigenvalue weighted by Crippen LogP contribution is 2.35. The molecule has 2 aromatic heterocycles. The molecule has 0 spiro atoms. The van der Waals surface area contributed by atoms with Crippen molar-refractivity contribution in [3.8, 4) is 0 Å². The fourth-order valence-corrected chi connectivity index (χ4v) is 5.00. The number of fused-ring (bicyclic) bond motifs is 2. The molecule has 4 aromatic rings. The largest absolute Gasteiger partial charge is 0.366 e. The predicted octanol–water partition coefficient (Wildman–Crippen LogP) is 3.55. The third-order valence-corrected chi connectivity index (χ3v) is 6.80. The molecule has 0 unspecified atom stereocenters. The topological polar surface area (TPSA) is 61.7 Å². The zero-order valence-electron chi connectivity index (χ0n) is 18.8. The first-order chi connectivity index (χ1) is 16.7. The van der Waals surface area contributed by atoms with Crippen molar-refractivity contribution in [3.05, 3.63) is 90.3 Å². The van der Waals surface area contributed by atoms with E-state index in [-0.39, 0.29) is 18.4 Å². The molecule has 1 saturated heterocycles. The normalized spacial score (nSPS) is 15.8. The lowest BCUT2D eigenvalue weighted by atomic mass is 10.1. The summed E-state index contributed by atoms with van der Waals surface area (Å²) in [6, 6.07) is 21.8. The average molecular weight is 452 g/mol. The predicted molar refractivity (Wildman–Crippen MR) is 132 cm³/mol. The van der Waals surface area contributed by atoms with E-state index in [1.54, 1.807) is 6.20 Å². The first-order valence-corrected chi connectivity index (χ1v) is 11.6. The van der Waals surface area contributed by atoms with E-state index in [2.05, 4.69) is 16.0 Å².